The number of aromatic nitrogens is 1. The number of aromatic amines is 1. The van der Waals surface area contributed by atoms with Crippen LogP contribution in [0.15, 0.2) is 54.6 Å². The zero-order valence-electron chi connectivity index (χ0n) is 11.4. The lowest BCUT2D eigenvalue weighted by Gasteiger charge is -2.12. The molecule has 2 nitrogen and oxygen atoms in total. The molecule has 0 spiro atoms. The summed E-state index contributed by atoms with van der Waals surface area (Å²) in [6.45, 7) is 1.12. The lowest BCUT2D eigenvalue weighted by molar-refractivity contribution is 0.654. The largest absolute Gasteiger partial charge is 0.354 e. The van der Waals surface area contributed by atoms with Gasteiger partial charge in [-0.15, -0.1) is 0 Å². The first-order valence-corrected chi connectivity index (χ1v) is 7.33. The Morgan fingerprint density at radius 2 is 1.70 bits per heavy atom. The standard InChI is InChI=1S/C18H18N2/c1-2-7-13(8-3-1)18-17(16-11-6-12-19-16)14-9-4-5-10-15(14)20-18/h1-5,7-10,16,19-20H,6,11-12H2/t16-/m1/s1. The van der Waals surface area contributed by atoms with Gasteiger partial charge in [0.1, 0.15) is 0 Å². The molecule has 0 aliphatic carbocycles. The summed E-state index contributed by atoms with van der Waals surface area (Å²) in [6, 6.07) is 19.7. The molecule has 0 amide bonds. The van der Waals surface area contributed by atoms with E-state index in [9.17, 15) is 0 Å². The molecule has 4 rings (SSSR count). The number of hydrogen-bond donors (Lipinski definition) is 2. The highest BCUT2D eigenvalue weighted by Gasteiger charge is 2.23. The highest BCUT2D eigenvalue weighted by Crippen LogP contribution is 2.37. The van der Waals surface area contributed by atoms with E-state index >= 15 is 0 Å². The van der Waals surface area contributed by atoms with Crippen molar-refractivity contribution in [3.8, 4) is 11.3 Å². The van der Waals surface area contributed by atoms with Crippen LogP contribution in [0, 0.1) is 0 Å². The lowest BCUT2D eigenvalue weighted by atomic mass is 9.98. The van der Waals surface area contributed by atoms with Gasteiger partial charge in [0, 0.05) is 22.5 Å². The van der Waals surface area contributed by atoms with Crippen LogP contribution in [0.2, 0.25) is 0 Å². The third-order valence-corrected chi connectivity index (χ3v) is 4.22. The van der Waals surface area contributed by atoms with E-state index in [0.717, 1.165) is 6.54 Å². The van der Waals surface area contributed by atoms with Crippen LogP contribution in [0.5, 0.6) is 0 Å². The number of H-pyrrole nitrogens is 1. The molecular weight excluding hydrogens is 244 g/mol. The Morgan fingerprint density at radius 1 is 0.900 bits per heavy atom. The minimum atomic E-state index is 0.473. The van der Waals surface area contributed by atoms with Crippen LogP contribution >= 0.6 is 0 Å². The number of nitrogens with one attached hydrogen (secondary N) is 2. The van der Waals surface area contributed by atoms with Crippen LogP contribution in [0.1, 0.15) is 24.4 Å². The molecule has 1 saturated heterocycles. The summed E-state index contributed by atoms with van der Waals surface area (Å²) >= 11 is 0. The number of rotatable bonds is 2. The van der Waals surface area contributed by atoms with Gasteiger partial charge in [-0.3, -0.25) is 0 Å². The van der Waals surface area contributed by atoms with Gasteiger partial charge in [0.2, 0.25) is 0 Å². The van der Waals surface area contributed by atoms with Gasteiger partial charge in [-0.25, -0.2) is 0 Å². The molecule has 0 radical (unpaired) electrons. The molecule has 0 saturated carbocycles. The minimum absolute atomic E-state index is 0.473. The second kappa shape index (κ2) is 4.80. The first kappa shape index (κ1) is 11.7. The van der Waals surface area contributed by atoms with Crippen LogP contribution in [0.3, 0.4) is 0 Å². The van der Waals surface area contributed by atoms with E-state index in [-0.39, 0.29) is 0 Å². The van der Waals surface area contributed by atoms with Crippen LogP contribution in [-0.4, -0.2) is 11.5 Å². The summed E-state index contributed by atoms with van der Waals surface area (Å²) in [7, 11) is 0. The predicted octanol–water partition coefficient (Wildman–Crippen LogP) is 4.26. The highest BCUT2D eigenvalue weighted by atomic mass is 14.9. The molecule has 1 atom stereocenters. The molecule has 20 heavy (non-hydrogen) atoms. The zero-order chi connectivity index (χ0) is 13.4. The van der Waals surface area contributed by atoms with Crippen molar-refractivity contribution in [3.05, 3.63) is 60.2 Å². The van der Waals surface area contributed by atoms with Crippen molar-refractivity contribution in [1.29, 1.82) is 0 Å². The first-order chi connectivity index (χ1) is 9.93. The summed E-state index contributed by atoms with van der Waals surface area (Å²) in [5.74, 6) is 0. The third-order valence-electron chi connectivity index (χ3n) is 4.22. The van der Waals surface area contributed by atoms with Gasteiger partial charge in [0.15, 0.2) is 0 Å². The highest BCUT2D eigenvalue weighted by molar-refractivity contribution is 5.91. The smallest absolute Gasteiger partial charge is 0.0513 e. The molecule has 2 N–H and O–H groups in total. The van der Waals surface area contributed by atoms with Gasteiger partial charge in [-0.05, 0) is 31.0 Å². The van der Waals surface area contributed by atoms with Crippen molar-refractivity contribution in [3.63, 3.8) is 0 Å². The van der Waals surface area contributed by atoms with Crippen LogP contribution in [-0.2, 0) is 0 Å². The minimum Gasteiger partial charge on any atom is -0.354 e. The van der Waals surface area contributed by atoms with Crippen LogP contribution < -0.4 is 5.32 Å². The van der Waals surface area contributed by atoms with Crippen molar-refractivity contribution < 1.29 is 0 Å². The molecule has 3 aromatic rings. The summed E-state index contributed by atoms with van der Waals surface area (Å²) < 4.78 is 0. The van der Waals surface area contributed by atoms with Gasteiger partial charge >= 0.3 is 0 Å². The number of para-hydroxylation sites is 1. The fourth-order valence-electron chi connectivity index (χ4n) is 3.29. The molecule has 1 aromatic heterocycles. The Morgan fingerprint density at radius 3 is 2.50 bits per heavy atom. The van der Waals surface area contributed by atoms with E-state index in [2.05, 4.69) is 64.9 Å². The molecule has 2 aromatic carbocycles. The predicted molar refractivity (Wildman–Crippen MR) is 83.7 cm³/mol. The van der Waals surface area contributed by atoms with Crippen molar-refractivity contribution >= 4 is 10.9 Å². The molecule has 2 heterocycles. The van der Waals surface area contributed by atoms with E-state index in [1.165, 1.54) is 40.6 Å². The summed E-state index contributed by atoms with van der Waals surface area (Å²) in [4.78, 5) is 3.62. The van der Waals surface area contributed by atoms with E-state index in [0.29, 0.717) is 6.04 Å². The average Bonchev–Trinajstić information content (AvgIpc) is 3.14. The topological polar surface area (TPSA) is 27.8 Å². The quantitative estimate of drug-likeness (QED) is 0.709. The van der Waals surface area contributed by atoms with Gasteiger partial charge in [-0.2, -0.15) is 0 Å². The van der Waals surface area contributed by atoms with Gasteiger partial charge in [-0.1, -0.05) is 48.5 Å². The molecule has 0 unspecified atom stereocenters. The Balaban J connectivity index is 1.97. The van der Waals surface area contributed by atoms with E-state index in [1.807, 2.05) is 0 Å². The Labute approximate surface area is 118 Å². The fraction of sp³-hybridized carbons (Fsp3) is 0.222. The van der Waals surface area contributed by atoms with E-state index in [1.54, 1.807) is 0 Å². The Kier molecular flexibility index (Phi) is 2.82. The lowest BCUT2D eigenvalue weighted by Crippen LogP contribution is -2.13. The SMILES string of the molecule is c1ccc(-c2[nH]c3ccccc3c2[C@H]2CCCN2)cc1. The Bertz CT molecular complexity index is 722. The summed E-state index contributed by atoms with van der Waals surface area (Å²) in [5.41, 5.74) is 5.21. The molecule has 1 aliphatic rings. The summed E-state index contributed by atoms with van der Waals surface area (Å²) in [5, 5.41) is 4.99. The molecular formula is C18H18N2. The van der Waals surface area contributed by atoms with Crippen molar-refractivity contribution in [2.75, 3.05) is 6.54 Å². The average molecular weight is 262 g/mol. The van der Waals surface area contributed by atoms with Gasteiger partial charge in [0.05, 0.1) is 5.69 Å². The maximum atomic E-state index is 3.64. The van der Waals surface area contributed by atoms with Gasteiger partial charge < -0.3 is 10.3 Å². The van der Waals surface area contributed by atoms with Crippen molar-refractivity contribution in [2.24, 2.45) is 0 Å². The van der Waals surface area contributed by atoms with E-state index < -0.39 is 0 Å². The maximum absolute atomic E-state index is 3.64. The monoisotopic (exact) mass is 262 g/mol. The van der Waals surface area contributed by atoms with Gasteiger partial charge in [0.25, 0.3) is 0 Å². The maximum Gasteiger partial charge on any atom is 0.0513 e. The molecule has 0 bridgehead atoms. The van der Waals surface area contributed by atoms with E-state index in [4.69, 9.17) is 0 Å². The number of hydrogen-bond acceptors (Lipinski definition) is 1. The third kappa shape index (κ3) is 1.84. The van der Waals surface area contributed by atoms with Crippen molar-refractivity contribution in [2.45, 2.75) is 18.9 Å². The molecule has 1 aliphatic heterocycles. The fourth-order valence-corrected chi connectivity index (χ4v) is 3.29. The van der Waals surface area contributed by atoms with Crippen molar-refractivity contribution in [1.82, 2.24) is 10.3 Å². The second-order valence-corrected chi connectivity index (χ2v) is 5.47. The first-order valence-electron chi connectivity index (χ1n) is 7.33. The zero-order valence-corrected chi connectivity index (χ0v) is 11.4. The second-order valence-electron chi connectivity index (χ2n) is 5.47. The number of fused-ring (bicyclic) bond motifs is 1. The van der Waals surface area contributed by atoms with Crippen LogP contribution in [0.25, 0.3) is 22.2 Å². The van der Waals surface area contributed by atoms with Crippen LogP contribution in [0.4, 0.5) is 0 Å². The molecule has 1 fully saturated rings. The summed E-state index contributed by atoms with van der Waals surface area (Å²) in [6.07, 6.45) is 2.49. The normalized spacial score (nSPS) is 18.7. The Hall–Kier alpha value is -2.06. The molecule has 100 valence electrons. The number of benzene rings is 2. The molecule has 2 heteroatoms.